The number of hydrogen-bond donors (Lipinski definition) is 1. The fourth-order valence-electron chi connectivity index (χ4n) is 3.08. The standard InChI is InChI=1S/C17H26FNO2/c1-3-13-7-9-17(12-19,10-8-13)21-11-14-5-4-6-15(20-2)16(14)18/h4-6,13H,3,7-12,19H2,1-2H3. The topological polar surface area (TPSA) is 44.5 Å². The molecule has 1 aromatic rings. The number of nitrogens with two attached hydrogens (primary N) is 1. The van der Waals surface area contributed by atoms with Gasteiger partial charge in [-0.2, -0.15) is 0 Å². The van der Waals surface area contributed by atoms with Crippen molar-refractivity contribution < 1.29 is 13.9 Å². The van der Waals surface area contributed by atoms with Gasteiger partial charge in [0.05, 0.1) is 19.3 Å². The predicted octanol–water partition coefficient (Wildman–Crippen LogP) is 3.65. The molecule has 1 saturated carbocycles. The minimum absolute atomic E-state index is 0.247. The number of halogens is 1. The van der Waals surface area contributed by atoms with Gasteiger partial charge >= 0.3 is 0 Å². The second kappa shape index (κ2) is 7.23. The molecular weight excluding hydrogens is 269 g/mol. The van der Waals surface area contributed by atoms with E-state index in [2.05, 4.69) is 6.92 Å². The molecule has 118 valence electrons. The Morgan fingerprint density at radius 1 is 1.33 bits per heavy atom. The molecule has 2 N–H and O–H groups in total. The molecule has 4 heteroatoms. The molecule has 0 unspecified atom stereocenters. The van der Waals surface area contributed by atoms with E-state index >= 15 is 0 Å². The van der Waals surface area contributed by atoms with E-state index in [4.69, 9.17) is 15.2 Å². The molecule has 0 atom stereocenters. The maximum absolute atomic E-state index is 14.1. The van der Waals surface area contributed by atoms with Crippen molar-refractivity contribution in [2.75, 3.05) is 13.7 Å². The molecule has 0 spiro atoms. The third-order valence-corrected chi connectivity index (χ3v) is 4.76. The number of ether oxygens (including phenoxy) is 2. The van der Waals surface area contributed by atoms with Crippen molar-refractivity contribution in [2.45, 2.75) is 51.2 Å². The molecule has 2 rings (SSSR count). The Balaban J connectivity index is 2.01. The summed E-state index contributed by atoms with van der Waals surface area (Å²) in [6, 6.07) is 5.13. The lowest BCUT2D eigenvalue weighted by atomic mass is 9.77. The Labute approximate surface area is 126 Å². The summed E-state index contributed by atoms with van der Waals surface area (Å²) in [6.45, 7) is 2.97. The molecule has 21 heavy (non-hydrogen) atoms. The van der Waals surface area contributed by atoms with Gasteiger partial charge < -0.3 is 15.2 Å². The fraction of sp³-hybridized carbons (Fsp3) is 0.647. The van der Waals surface area contributed by atoms with Gasteiger partial charge in [-0.05, 0) is 37.7 Å². The van der Waals surface area contributed by atoms with Crippen LogP contribution < -0.4 is 10.5 Å². The van der Waals surface area contributed by atoms with Crippen molar-refractivity contribution in [3.8, 4) is 5.75 Å². The maximum Gasteiger partial charge on any atom is 0.170 e. The van der Waals surface area contributed by atoms with Crippen LogP contribution in [0.5, 0.6) is 5.75 Å². The quantitative estimate of drug-likeness (QED) is 0.871. The van der Waals surface area contributed by atoms with Gasteiger partial charge in [0.25, 0.3) is 0 Å². The first-order valence-corrected chi connectivity index (χ1v) is 7.79. The molecule has 1 aliphatic rings. The van der Waals surface area contributed by atoms with Gasteiger partial charge in [-0.3, -0.25) is 0 Å². The summed E-state index contributed by atoms with van der Waals surface area (Å²) in [5.41, 5.74) is 6.18. The summed E-state index contributed by atoms with van der Waals surface area (Å²) in [5.74, 6) is 0.698. The summed E-state index contributed by atoms with van der Waals surface area (Å²) in [6.07, 6.45) is 5.44. The second-order valence-electron chi connectivity index (χ2n) is 5.96. The van der Waals surface area contributed by atoms with Gasteiger partial charge in [0.15, 0.2) is 11.6 Å². The zero-order valence-electron chi connectivity index (χ0n) is 13.0. The number of methoxy groups -OCH3 is 1. The average Bonchev–Trinajstić information content (AvgIpc) is 2.54. The van der Waals surface area contributed by atoms with E-state index in [0.717, 1.165) is 31.6 Å². The van der Waals surface area contributed by atoms with Crippen LogP contribution in [0.2, 0.25) is 0 Å². The first-order chi connectivity index (χ1) is 10.1. The molecule has 0 amide bonds. The Hall–Kier alpha value is -1.13. The molecule has 0 aromatic heterocycles. The second-order valence-corrected chi connectivity index (χ2v) is 5.96. The fourth-order valence-corrected chi connectivity index (χ4v) is 3.08. The molecule has 0 radical (unpaired) electrons. The van der Waals surface area contributed by atoms with Gasteiger partial charge in [-0.15, -0.1) is 0 Å². The van der Waals surface area contributed by atoms with Crippen LogP contribution >= 0.6 is 0 Å². The number of hydrogen-bond acceptors (Lipinski definition) is 3. The lowest BCUT2D eigenvalue weighted by Gasteiger charge is -2.39. The summed E-state index contributed by atoms with van der Waals surface area (Å²) in [7, 11) is 1.47. The van der Waals surface area contributed by atoms with Crippen molar-refractivity contribution in [1.29, 1.82) is 0 Å². The molecule has 1 fully saturated rings. The van der Waals surface area contributed by atoms with Crippen LogP contribution in [0.25, 0.3) is 0 Å². The van der Waals surface area contributed by atoms with Gasteiger partial charge in [-0.1, -0.05) is 25.5 Å². The minimum atomic E-state index is -0.339. The van der Waals surface area contributed by atoms with Crippen molar-refractivity contribution in [1.82, 2.24) is 0 Å². The van der Waals surface area contributed by atoms with E-state index in [9.17, 15) is 4.39 Å². The number of benzene rings is 1. The lowest BCUT2D eigenvalue weighted by Crippen LogP contribution is -2.43. The largest absolute Gasteiger partial charge is 0.494 e. The first kappa shape index (κ1) is 16.2. The smallest absolute Gasteiger partial charge is 0.170 e. The van der Waals surface area contributed by atoms with Crippen LogP contribution in [-0.4, -0.2) is 19.3 Å². The predicted molar refractivity (Wildman–Crippen MR) is 81.8 cm³/mol. The van der Waals surface area contributed by atoms with Crippen LogP contribution in [0, 0.1) is 11.7 Å². The van der Waals surface area contributed by atoms with Crippen molar-refractivity contribution in [2.24, 2.45) is 11.7 Å². The van der Waals surface area contributed by atoms with Crippen LogP contribution in [0.1, 0.15) is 44.6 Å². The normalized spacial score (nSPS) is 25.8. The molecule has 0 aliphatic heterocycles. The van der Waals surface area contributed by atoms with E-state index in [1.165, 1.54) is 13.5 Å². The van der Waals surface area contributed by atoms with E-state index in [0.29, 0.717) is 12.1 Å². The monoisotopic (exact) mass is 295 g/mol. The van der Waals surface area contributed by atoms with E-state index in [1.807, 2.05) is 0 Å². The van der Waals surface area contributed by atoms with Gasteiger partial charge in [0.2, 0.25) is 0 Å². The summed E-state index contributed by atoms with van der Waals surface area (Å²) < 4.78 is 25.2. The molecular formula is C17H26FNO2. The van der Waals surface area contributed by atoms with Gasteiger partial charge in [0.1, 0.15) is 0 Å². The average molecular weight is 295 g/mol. The molecule has 0 bridgehead atoms. The minimum Gasteiger partial charge on any atom is -0.494 e. The molecule has 1 aliphatic carbocycles. The summed E-state index contributed by atoms with van der Waals surface area (Å²) in [4.78, 5) is 0. The molecule has 0 heterocycles. The maximum atomic E-state index is 14.1. The van der Waals surface area contributed by atoms with Crippen molar-refractivity contribution in [3.63, 3.8) is 0 Å². The van der Waals surface area contributed by atoms with Crippen LogP contribution in [0.4, 0.5) is 4.39 Å². The highest BCUT2D eigenvalue weighted by Gasteiger charge is 2.34. The van der Waals surface area contributed by atoms with Crippen LogP contribution in [-0.2, 0) is 11.3 Å². The lowest BCUT2D eigenvalue weighted by molar-refractivity contribution is -0.0821. The number of rotatable bonds is 6. The zero-order chi connectivity index (χ0) is 15.3. The van der Waals surface area contributed by atoms with Crippen LogP contribution in [0.15, 0.2) is 18.2 Å². The third kappa shape index (κ3) is 3.74. The van der Waals surface area contributed by atoms with E-state index < -0.39 is 0 Å². The van der Waals surface area contributed by atoms with Gasteiger partial charge in [0, 0.05) is 12.1 Å². The van der Waals surface area contributed by atoms with Gasteiger partial charge in [-0.25, -0.2) is 4.39 Å². The summed E-state index contributed by atoms with van der Waals surface area (Å²) in [5, 5.41) is 0. The highest BCUT2D eigenvalue weighted by atomic mass is 19.1. The van der Waals surface area contributed by atoms with Crippen molar-refractivity contribution >= 4 is 0 Å². The molecule has 1 aromatic carbocycles. The van der Waals surface area contributed by atoms with Crippen LogP contribution in [0.3, 0.4) is 0 Å². The van der Waals surface area contributed by atoms with E-state index in [-0.39, 0.29) is 23.8 Å². The summed E-state index contributed by atoms with van der Waals surface area (Å²) >= 11 is 0. The molecule has 0 saturated heterocycles. The highest BCUT2D eigenvalue weighted by Crippen LogP contribution is 2.36. The molecule has 3 nitrogen and oxygen atoms in total. The Bertz CT molecular complexity index is 456. The van der Waals surface area contributed by atoms with E-state index in [1.54, 1.807) is 18.2 Å². The SMILES string of the molecule is CCC1CCC(CN)(OCc2cccc(OC)c2F)CC1. The highest BCUT2D eigenvalue weighted by molar-refractivity contribution is 5.30. The Morgan fingerprint density at radius 2 is 2.05 bits per heavy atom. The zero-order valence-corrected chi connectivity index (χ0v) is 13.0. The third-order valence-electron chi connectivity index (χ3n) is 4.76. The first-order valence-electron chi connectivity index (χ1n) is 7.79. The Kier molecular flexibility index (Phi) is 5.59. The Morgan fingerprint density at radius 3 is 2.62 bits per heavy atom. The van der Waals surface area contributed by atoms with Crippen molar-refractivity contribution in [3.05, 3.63) is 29.6 Å².